The van der Waals surface area contributed by atoms with Crippen LogP contribution in [-0.2, 0) is 4.74 Å². The first-order chi connectivity index (χ1) is 13.0. The summed E-state index contributed by atoms with van der Waals surface area (Å²) in [6.07, 6.45) is 0. The number of hydrogen-bond donors (Lipinski definition) is 2. The van der Waals surface area contributed by atoms with Gasteiger partial charge in [-0.1, -0.05) is 54.7 Å². The second kappa shape index (κ2) is 8.01. The molecule has 0 atom stereocenters. The molecule has 3 aromatic carbocycles. The van der Waals surface area contributed by atoms with E-state index < -0.39 is 0 Å². The zero-order valence-corrected chi connectivity index (χ0v) is 15.6. The van der Waals surface area contributed by atoms with Crippen LogP contribution in [0, 0.1) is 0 Å². The van der Waals surface area contributed by atoms with Crippen molar-refractivity contribution in [2.24, 2.45) is 0 Å². The quantitative estimate of drug-likeness (QED) is 0.224. The molecule has 0 radical (unpaired) electrons. The van der Waals surface area contributed by atoms with Gasteiger partial charge in [0, 0.05) is 5.56 Å². The van der Waals surface area contributed by atoms with Gasteiger partial charge in [-0.25, -0.2) is 4.79 Å². The lowest BCUT2D eigenvalue weighted by Gasteiger charge is -2.12. The molecule has 0 amide bonds. The molecule has 0 aliphatic carbocycles. The lowest BCUT2D eigenvalue weighted by Crippen LogP contribution is -2.06. The number of hydrogen-bond acceptors (Lipinski definition) is 5. The molecule has 5 heteroatoms. The molecule has 3 N–H and O–H groups in total. The minimum Gasteiger partial charge on any atom is -0.505 e. The summed E-state index contributed by atoms with van der Waals surface area (Å²) in [5.74, 6) is -0.428. The minimum absolute atomic E-state index is 0.0471. The second-order valence-electron chi connectivity index (χ2n) is 5.95. The van der Waals surface area contributed by atoms with Crippen molar-refractivity contribution < 1.29 is 14.6 Å². The highest BCUT2D eigenvalue weighted by atomic mass is 32.1. The summed E-state index contributed by atoms with van der Waals surface area (Å²) in [6.45, 7) is 2.08. The number of carbonyl (C=O) groups excluding carboxylic acids is 1. The maximum Gasteiger partial charge on any atom is 0.338 e. The standard InChI is InChI=1S/C22H19NO3S/c1-2-26-22(25)16-10-8-15(9-11-16)21(27)18-12-17(13-19(23)20(18)24)14-6-4-3-5-7-14/h3-13,24H,2,23H2,1H3. The van der Waals surface area contributed by atoms with Crippen molar-refractivity contribution in [3.63, 3.8) is 0 Å². The Balaban J connectivity index is 1.97. The number of thiocarbonyl (C=S) groups is 1. The molecule has 3 aromatic rings. The SMILES string of the molecule is CCOC(=O)c1ccc(C(=S)c2cc(-c3ccccc3)cc(N)c2O)cc1. The van der Waals surface area contributed by atoms with E-state index in [1.165, 1.54) is 0 Å². The fourth-order valence-electron chi connectivity index (χ4n) is 2.75. The summed E-state index contributed by atoms with van der Waals surface area (Å²) in [4.78, 5) is 12.2. The number of esters is 1. The number of phenolic OH excluding ortho intramolecular Hbond substituents is 1. The first-order valence-electron chi connectivity index (χ1n) is 8.51. The third kappa shape index (κ3) is 3.99. The highest BCUT2D eigenvalue weighted by molar-refractivity contribution is 7.81. The molecule has 0 aromatic heterocycles. The van der Waals surface area contributed by atoms with Crippen LogP contribution >= 0.6 is 12.2 Å². The van der Waals surface area contributed by atoms with Crippen molar-refractivity contribution in [2.45, 2.75) is 6.92 Å². The van der Waals surface area contributed by atoms with Gasteiger partial charge in [0.15, 0.2) is 0 Å². The summed E-state index contributed by atoms with van der Waals surface area (Å²) in [5.41, 5.74) is 9.74. The van der Waals surface area contributed by atoms with Gasteiger partial charge >= 0.3 is 5.97 Å². The third-order valence-electron chi connectivity index (χ3n) is 4.15. The summed E-state index contributed by atoms with van der Waals surface area (Å²) in [7, 11) is 0. The van der Waals surface area contributed by atoms with Gasteiger partial charge in [0.2, 0.25) is 0 Å². The van der Waals surface area contributed by atoms with Crippen LogP contribution in [0.4, 0.5) is 5.69 Å². The van der Waals surface area contributed by atoms with E-state index in [4.69, 9.17) is 22.7 Å². The van der Waals surface area contributed by atoms with E-state index in [-0.39, 0.29) is 17.4 Å². The monoisotopic (exact) mass is 377 g/mol. The van der Waals surface area contributed by atoms with Gasteiger partial charge in [-0.2, -0.15) is 0 Å². The molecule has 27 heavy (non-hydrogen) atoms. The minimum atomic E-state index is -0.381. The average molecular weight is 377 g/mol. The van der Waals surface area contributed by atoms with Gasteiger partial charge in [-0.15, -0.1) is 0 Å². The number of anilines is 1. The molecule has 0 heterocycles. The van der Waals surface area contributed by atoms with Crippen molar-refractivity contribution in [1.82, 2.24) is 0 Å². The van der Waals surface area contributed by atoms with Crippen LogP contribution < -0.4 is 5.73 Å². The fourth-order valence-corrected chi connectivity index (χ4v) is 3.05. The number of carbonyl (C=O) groups is 1. The molecule has 4 nitrogen and oxygen atoms in total. The molecular weight excluding hydrogens is 358 g/mol. The van der Waals surface area contributed by atoms with Gasteiger partial charge < -0.3 is 15.6 Å². The van der Waals surface area contributed by atoms with Crippen LogP contribution in [0.3, 0.4) is 0 Å². The molecule has 0 aliphatic rings. The van der Waals surface area contributed by atoms with Crippen LogP contribution in [0.5, 0.6) is 5.75 Å². The van der Waals surface area contributed by atoms with E-state index in [1.54, 1.807) is 37.3 Å². The van der Waals surface area contributed by atoms with Crippen molar-refractivity contribution in [1.29, 1.82) is 0 Å². The number of ether oxygens (including phenoxy) is 1. The lowest BCUT2D eigenvalue weighted by atomic mass is 9.96. The molecule has 0 aliphatic heterocycles. The summed E-state index contributed by atoms with van der Waals surface area (Å²) < 4.78 is 4.98. The molecule has 0 spiro atoms. The topological polar surface area (TPSA) is 72.5 Å². The molecule has 0 saturated carbocycles. The number of phenols is 1. The van der Waals surface area contributed by atoms with E-state index in [9.17, 15) is 9.90 Å². The molecule has 3 rings (SSSR count). The number of aromatic hydroxyl groups is 1. The van der Waals surface area contributed by atoms with Gasteiger partial charge in [-0.05, 0) is 47.9 Å². The molecule has 0 bridgehead atoms. The zero-order valence-electron chi connectivity index (χ0n) is 14.8. The Morgan fingerprint density at radius 2 is 1.63 bits per heavy atom. The Kier molecular flexibility index (Phi) is 5.52. The van der Waals surface area contributed by atoms with Crippen LogP contribution in [-0.4, -0.2) is 22.5 Å². The normalized spacial score (nSPS) is 10.4. The van der Waals surface area contributed by atoms with Gasteiger partial charge in [0.25, 0.3) is 0 Å². The van der Waals surface area contributed by atoms with Crippen LogP contribution in [0.2, 0.25) is 0 Å². The largest absolute Gasteiger partial charge is 0.505 e. The Hall–Kier alpha value is -3.18. The van der Waals surface area contributed by atoms with Crippen LogP contribution in [0.15, 0.2) is 66.7 Å². The van der Waals surface area contributed by atoms with E-state index in [2.05, 4.69) is 0 Å². The van der Waals surface area contributed by atoms with Crippen molar-refractivity contribution in [2.75, 3.05) is 12.3 Å². The first kappa shape index (κ1) is 18.6. The summed E-state index contributed by atoms with van der Waals surface area (Å²) in [6, 6.07) is 20.1. The van der Waals surface area contributed by atoms with Crippen LogP contribution in [0.1, 0.15) is 28.4 Å². The van der Waals surface area contributed by atoms with Gasteiger partial charge in [0.05, 0.1) is 22.7 Å². The molecule has 0 saturated heterocycles. The van der Waals surface area contributed by atoms with Crippen molar-refractivity contribution in [3.05, 3.63) is 83.4 Å². The van der Waals surface area contributed by atoms with Crippen LogP contribution in [0.25, 0.3) is 11.1 Å². The molecule has 136 valence electrons. The Labute approximate surface area is 163 Å². The predicted molar refractivity (Wildman–Crippen MR) is 111 cm³/mol. The predicted octanol–water partition coefficient (Wildman–Crippen LogP) is 4.58. The first-order valence-corrected chi connectivity index (χ1v) is 8.92. The zero-order chi connectivity index (χ0) is 19.4. The Morgan fingerprint density at radius 1 is 1.00 bits per heavy atom. The van der Waals surface area contributed by atoms with Crippen molar-refractivity contribution in [3.8, 4) is 16.9 Å². The van der Waals surface area contributed by atoms with E-state index >= 15 is 0 Å². The molecular formula is C22H19NO3S. The lowest BCUT2D eigenvalue weighted by molar-refractivity contribution is 0.0526. The van der Waals surface area contributed by atoms with Gasteiger partial charge in [-0.3, -0.25) is 0 Å². The average Bonchev–Trinajstić information content (AvgIpc) is 2.70. The highest BCUT2D eigenvalue weighted by Crippen LogP contribution is 2.33. The number of rotatable bonds is 5. The van der Waals surface area contributed by atoms with E-state index in [1.807, 2.05) is 36.4 Å². The van der Waals surface area contributed by atoms with Crippen molar-refractivity contribution >= 4 is 28.7 Å². The molecule has 0 unspecified atom stereocenters. The Bertz CT molecular complexity index is 982. The number of nitrogens with two attached hydrogens (primary N) is 1. The molecule has 0 fully saturated rings. The number of nitrogen functional groups attached to an aromatic ring is 1. The van der Waals surface area contributed by atoms with E-state index in [0.717, 1.165) is 11.1 Å². The fraction of sp³-hybridized carbons (Fsp3) is 0.0909. The summed E-state index contributed by atoms with van der Waals surface area (Å²) in [5, 5.41) is 10.4. The van der Waals surface area contributed by atoms with E-state index in [0.29, 0.717) is 28.2 Å². The highest BCUT2D eigenvalue weighted by Gasteiger charge is 2.15. The summed E-state index contributed by atoms with van der Waals surface area (Å²) >= 11 is 5.57. The smallest absolute Gasteiger partial charge is 0.338 e. The maximum absolute atomic E-state index is 11.8. The third-order valence-corrected chi connectivity index (χ3v) is 4.60. The second-order valence-corrected chi connectivity index (χ2v) is 6.36. The maximum atomic E-state index is 11.8. The number of benzene rings is 3. The van der Waals surface area contributed by atoms with Gasteiger partial charge in [0.1, 0.15) is 5.75 Å². The Morgan fingerprint density at radius 3 is 2.26 bits per heavy atom.